The number of nitrogens with zero attached hydrogens (tertiary/aromatic N) is 4. The molecular weight excluding hydrogens is 264 g/mol. The summed E-state index contributed by atoms with van der Waals surface area (Å²) >= 11 is 5.66. The summed E-state index contributed by atoms with van der Waals surface area (Å²) in [5.41, 5.74) is 2.47. The van der Waals surface area contributed by atoms with Gasteiger partial charge in [0, 0.05) is 31.4 Å². The predicted molar refractivity (Wildman–Crippen MR) is 69.7 cm³/mol. The molecule has 3 rings (SSSR count). The second-order valence-electron chi connectivity index (χ2n) is 4.31. The van der Waals surface area contributed by atoms with Crippen molar-refractivity contribution in [3.05, 3.63) is 52.8 Å². The molecule has 0 fully saturated rings. The Balaban J connectivity index is 1.81. The minimum absolute atomic E-state index is 0.126. The van der Waals surface area contributed by atoms with Crippen molar-refractivity contribution >= 4 is 17.5 Å². The van der Waals surface area contributed by atoms with Crippen molar-refractivity contribution in [2.45, 2.75) is 13.0 Å². The number of carbonyl (C=O) groups excluding carboxylic acids is 1. The van der Waals surface area contributed by atoms with Crippen LogP contribution in [0.1, 0.15) is 21.7 Å². The smallest absolute Gasteiger partial charge is 0.274 e. The van der Waals surface area contributed by atoms with Gasteiger partial charge in [0.05, 0.1) is 12.4 Å². The highest BCUT2D eigenvalue weighted by molar-refractivity contribution is 6.29. The highest BCUT2D eigenvalue weighted by atomic mass is 35.5. The van der Waals surface area contributed by atoms with E-state index < -0.39 is 0 Å². The lowest BCUT2D eigenvalue weighted by atomic mass is 10.1. The molecule has 2 aromatic heterocycles. The molecule has 0 bridgehead atoms. The summed E-state index contributed by atoms with van der Waals surface area (Å²) in [4.78, 5) is 26.2. The SMILES string of the molecule is O=C(c1cnc(Cl)cn1)N1CCc2ncccc2C1. The molecule has 1 amide bonds. The van der Waals surface area contributed by atoms with Crippen molar-refractivity contribution in [1.82, 2.24) is 19.9 Å². The number of hydrogen-bond donors (Lipinski definition) is 0. The van der Waals surface area contributed by atoms with Crippen LogP contribution in [-0.4, -0.2) is 32.3 Å². The number of amides is 1. The van der Waals surface area contributed by atoms with Crippen LogP contribution in [0, 0.1) is 0 Å². The Morgan fingerprint density at radius 1 is 1.26 bits per heavy atom. The molecule has 0 saturated heterocycles. The Kier molecular flexibility index (Phi) is 3.13. The Bertz CT molecular complexity index is 614. The summed E-state index contributed by atoms with van der Waals surface area (Å²) < 4.78 is 0. The van der Waals surface area contributed by atoms with Gasteiger partial charge >= 0.3 is 0 Å². The van der Waals surface area contributed by atoms with Gasteiger partial charge in [-0.2, -0.15) is 0 Å². The van der Waals surface area contributed by atoms with E-state index in [0.29, 0.717) is 18.8 Å². The lowest BCUT2D eigenvalue weighted by Gasteiger charge is -2.27. The first-order valence-corrected chi connectivity index (χ1v) is 6.31. The summed E-state index contributed by atoms with van der Waals surface area (Å²) in [5, 5.41) is 0.282. The van der Waals surface area contributed by atoms with Crippen LogP contribution in [0.3, 0.4) is 0 Å². The molecule has 6 heteroatoms. The second-order valence-corrected chi connectivity index (χ2v) is 4.70. The fourth-order valence-electron chi connectivity index (χ4n) is 2.12. The monoisotopic (exact) mass is 274 g/mol. The van der Waals surface area contributed by atoms with E-state index in [4.69, 9.17) is 11.6 Å². The number of fused-ring (bicyclic) bond motifs is 1. The van der Waals surface area contributed by atoms with Gasteiger partial charge in [0.15, 0.2) is 0 Å². The van der Waals surface area contributed by atoms with Gasteiger partial charge in [0.1, 0.15) is 10.8 Å². The summed E-state index contributed by atoms with van der Waals surface area (Å²) in [7, 11) is 0. The van der Waals surface area contributed by atoms with E-state index >= 15 is 0 Å². The van der Waals surface area contributed by atoms with Crippen LogP contribution < -0.4 is 0 Å². The van der Waals surface area contributed by atoms with E-state index in [-0.39, 0.29) is 11.1 Å². The molecule has 0 aliphatic carbocycles. The summed E-state index contributed by atoms with van der Waals surface area (Å²) in [6.45, 7) is 1.21. The zero-order valence-electron chi connectivity index (χ0n) is 10.1. The first kappa shape index (κ1) is 12.0. The zero-order valence-corrected chi connectivity index (χ0v) is 10.8. The maximum Gasteiger partial charge on any atom is 0.274 e. The predicted octanol–water partition coefficient (Wildman–Crippen LogP) is 1.72. The fraction of sp³-hybridized carbons (Fsp3) is 0.231. The highest BCUT2D eigenvalue weighted by Crippen LogP contribution is 2.18. The summed E-state index contributed by atoms with van der Waals surface area (Å²) in [5.74, 6) is -0.126. The molecule has 0 spiro atoms. The van der Waals surface area contributed by atoms with Gasteiger partial charge in [-0.15, -0.1) is 0 Å². The van der Waals surface area contributed by atoms with Gasteiger partial charge in [0.25, 0.3) is 5.91 Å². The molecule has 96 valence electrons. The third-order valence-electron chi connectivity index (χ3n) is 3.09. The molecule has 0 N–H and O–H groups in total. The molecule has 1 aliphatic heterocycles. The molecule has 2 aromatic rings. The number of halogens is 1. The molecule has 0 saturated carbocycles. The van der Waals surface area contributed by atoms with Crippen molar-refractivity contribution in [3.8, 4) is 0 Å². The largest absolute Gasteiger partial charge is 0.332 e. The van der Waals surface area contributed by atoms with Crippen LogP contribution in [0.15, 0.2) is 30.7 Å². The standard InChI is InChI=1S/C13H11ClN4O/c14-12-7-16-11(6-17-12)13(19)18-5-3-10-9(8-18)2-1-4-15-10/h1-2,4,6-7H,3,5,8H2. The number of aromatic nitrogens is 3. The number of rotatable bonds is 1. The minimum Gasteiger partial charge on any atom is -0.332 e. The number of carbonyl (C=O) groups is 1. The average Bonchev–Trinajstić information content (AvgIpc) is 2.47. The lowest BCUT2D eigenvalue weighted by molar-refractivity contribution is 0.0727. The van der Waals surface area contributed by atoms with Crippen molar-refractivity contribution in [2.75, 3.05) is 6.54 Å². The molecular formula is C13H11ClN4O. The van der Waals surface area contributed by atoms with Gasteiger partial charge in [-0.25, -0.2) is 9.97 Å². The quantitative estimate of drug-likeness (QED) is 0.794. The number of hydrogen-bond acceptors (Lipinski definition) is 4. The third kappa shape index (κ3) is 2.42. The summed E-state index contributed by atoms with van der Waals surface area (Å²) in [6, 6.07) is 3.88. The van der Waals surface area contributed by atoms with Crippen LogP contribution in [0.2, 0.25) is 5.15 Å². The Labute approximate surface area is 115 Å². The zero-order chi connectivity index (χ0) is 13.2. The van der Waals surface area contributed by atoms with E-state index in [0.717, 1.165) is 17.7 Å². The van der Waals surface area contributed by atoms with Crippen LogP contribution >= 0.6 is 11.6 Å². The third-order valence-corrected chi connectivity index (χ3v) is 3.29. The van der Waals surface area contributed by atoms with Crippen LogP contribution in [0.5, 0.6) is 0 Å². The maximum atomic E-state index is 12.3. The highest BCUT2D eigenvalue weighted by Gasteiger charge is 2.23. The van der Waals surface area contributed by atoms with Crippen molar-refractivity contribution in [3.63, 3.8) is 0 Å². The van der Waals surface area contributed by atoms with Gasteiger partial charge in [-0.1, -0.05) is 17.7 Å². The lowest BCUT2D eigenvalue weighted by Crippen LogP contribution is -2.36. The van der Waals surface area contributed by atoms with E-state index in [1.165, 1.54) is 12.4 Å². The fourth-order valence-corrected chi connectivity index (χ4v) is 2.22. The van der Waals surface area contributed by atoms with Crippen LogP contribution in [-0.2, 0) is 13.0 Å². The van der Waals surface area contributed by atoms with E-state index in [9.17, 15) is 4.79 Å². The van der Waals surface area contributed by atoms with E-state index in [2.05, 4.69) is 15.0 Å². The first-order chi connectivity index (χ1) is 9.24. The molecule has 0 aromatic carbocycles. The van der Waals surface area contributed by atoms with Gasteiger partial charge in [0.2, 0.25) is 0 Å². The first-order valence-electron chi connectivity index (χ1n) is 5.93. The molecule has 3 heterocycles. The molecule has 0 unspecified atom stereocenters. The van der Waals surface area contributed by atoms with Gasteiger partial charge in [-0.3, -0.25) is 9.78 Å². The molecule has 1 aliphatic rings. The van der Waals surface area contributed by atoms with E-state index in [1.807, 2.05) is 12.1 Å². The van der Waals surface area contributed by atoms with Crippen molar-refractivity contribution in [1.29, 1.82) is 0 Å². The van der Waals surface area contributed by atoms with Crippen LogP contribution in [0.4, 0.5) is 0 Å². The molecule has 0 atom stereocenters. The Morgan fingerprint density at radius 2 is 2.16 bits per heavy atom. The van der Waals surface area contributed by atoms with E-state index in [1.54, 1.807) is 11.1 Å². The van der Waals surface area contributed by atoms with Gasteiger partial charge in [-0.05, 0) is 11.6 Å². The molecule has 19 heavy (non-hydrogen) atoms. The molecule has 0 radical (unpaired) electrons. The molecule has 5 nitrogen and oxygen atoms in total. The topological polar surface area (TPSA) is 59.0 Å². The summed E-state index contributed by atoms with van der Waals surface area (Å²) in [6.07, 6.45) is 5.33. The second kappa shape index (κ2) is 4.93. The Hall–Kier alpha value is -2.01. The minimum atomic E-state index is -0.126. The maximum absolute atomic E-state index is 12.3. The van der Waals surface area contributed by atoms with Crippen LogP contribution in [0.25, 0.3) is 0 Å². The van der Waals surface area contributed by atoms with Crippen molar-refractivity contribution < 1.29 is 4.79 Å². The van der Waals surface area contributed by atoms with Crippen molar-refractivity contribution in [2.24, 2.45) is 0 Å². The van der Waals surface area contributed by atoms with Gasteiger partial charge < -0.3 is 4.90 Å². The Morgan fingerprint density at radius 3 is 2.95 bits per heavy atom. The number of pyridine rings is 1. The normalized spacial score (nSPS) is 14.1. The average molecular weight is 275 g/mol.